The molecule has 0 bridgehead atoms. The molecule has 0 aliphatic rings. The third kappa shape index (κ3) is 2.85. The fourth-order valence-electron chi connectivity index (χ4n) is 2.46. The first-order valence-corrected chi connectivity index (χ1v) is 7.42. The summed E-state index contributed by atoms with van der Waals surface area (Å²) in [6, 6.07) is 13.5. The van der Waals surface area contributed by atoms with E-state index >= 15 is 0 Å². The van der Waals surface area contributed by atoms with Gasteiger partial charge >= 0.3 is 5.97 Å². The lowest BCUT2D eigenvalue weighted by Gasteiger charge is -2.11. The zero-order valence-corrected chi connectivity index (χ0v) is 13.4. The minimum Gasteiger partial charge on any atom is -0.423 e. The maximum absolute atomic E-state index is 12.5. The molecular formula is C18H14ClNO3. The second-order valence-corrected chi connectivity index (χ2v) is 5.71. The number of rotatable bonds is 2. The van der Waals surface area contributed by atoms with Gasteiger partial charge in [0.2, 0.25) is 0 Å². The molecule has 0 spiro atoms. The molecular weight excluding hydrogens is 314 g/mol. The van der Waals surface area contributed by atoms with Crippen molar-refractivity contribution in [3.8, 4) is 5.75 Å². The number of benzene rings is 2. The second-order valence-electron chi connectivity index (χ2n) is 5.27. The van der Waals surface area contributed by atoms with E-state index in [1.54, 1.807) is 44.3 Å². The Kier molecular flexibility index (Phi) is 3.92. The summed E-state index contributed by atoms with van der Waals surface area (Å²) >= 11 is 5.90. The normalized spacial score (nSPS) is 10.7. The number of pyridine rings is 1. The van der Waals surface area contributed by atoms with Gasteiger partial charge in [0.05, 0.1) is 11.1 Å². The largest absolute Gasteiger partial charge is 0.423 e. The summed E-state index contributed by atoms with van der Waals surface area (Å²) in [5.74, 6) is -0.145. The van der Waals surface area contributed by atoms with Gasteiger partial charge in [-0.15, -0.1) is 0 Å². The molecule has 0 unspecified atom stereocenters. The van der Waals surface area contributed by atoms with Gasteiger partial charge in [0.15, 0.2) is 0 Å². The molecule has 116 valence electrons. The van der Waals surface area contributed by atoms with E-state index in [0.717, 1.165) is 5.56 Å². The third-order valence-corrected chi connectivity index (χ3v) is 3.95. The van der Waals surface area contributed by atoms with Crippen LogP contribution in [-0.2, 0) is 7.05 Å². The van der Waals surface area contributed by atoms with Crippen LogP contribution >= 0.6 is 11.6 Å². The molecule has 0 aliphatic heterocycles. The number of ether oxygens (including phenoxy) is 1. The van der Waals surface area contributed by atoms with Crippen LogP contribution in [0.15, 0.2) is 53.3 Å². The smallest absolute Gasteiger partial charge is 0.344 e. The Bertz CT molecular complexity index is 976. The van der Waals surface area contributed by atoms with Crippen molar-refractivity contribution in [2.45, 2.75) is 6.92 Å². The van der Waals surface area contributed by atoms with E-state index in [4.69, 9.17) is 16.3 Å². The summed E-state index contributed by atoms with van der Waals surface area (Å²) in [7, 11) is 1.67. The van der Waals surface area contributed by atoms with Crippen molar-refractivity contribution in [3.05, 3.63) is 75.0 Å². The average molecular weight is 328 g/mol. The number of nitrogens with zero attached hydrogens (tertiary/aromatic N) is 1. The number of carbonyl (C=O) groups is 1. The summed E-state index contributed by atoms with van der Waals surface area (Å²) in [5, 5.41) is 1.24. The predicted molar refractivity (Wildman–Crippen MR) is 90.3 cm³/mol. The number of aromatic nitrogens is 1. The summed E-state index contributed by atoms with van der Waals surface area (Å²) in [4.78, 5) is 24.6. The Balaban J connectivity index is 2.08. The standard InChI is InChI=1S/C18H14ClNO3/c1-11-9-12(19)7-8-16(11)23-18(22)14-10-17(21)20(2)15-6-4-3-5-13(14)15/h3-10H,1-2H3. The Labute approximate surface area is 137 Å². The quantitative estimate of drug-likeness (QED) is 0.532. The summed E-state index contributed by atoms with van der Waals surface area (Å²) < 4.78 is 6.94. The molecule has 4 nitrogen and oxygen atoms in total. The van der Waals surface area contributed by atoms with Crippen LogP contribution in [0.1, 0.15) is 15.9 Å². The van der Waals surface area contributed by atoms with Gasteiger partial charge in [-0.2, -0.15) is 0 Å². The summed E-state index contributed by atoms with van der Waals surface area (Å²) in [5.41, 5.74) is 1.42. The molecule has 3 rings (SSSR count). The number of carbonyl (C=O) groups excluding carboxylic acids is 1. The molecule has 0 atom stereocenters. The number of aryl methyl sites for hydroxylation is 2. The van der Waals surface area contributed by atoms with Gasteiger partial charge in [0, 0.05) is 23.5 Å². The molecule has 1 heterocycles. The zero-order valence-electron chi connectivity index (χ0n) is 12.7. The number of halogens is 1. The topological polar surface area (TPSA) is 48.3 Å². The third-order valence-electron chi connectivity index (χ3n) is 3.71. The predicted octanol–water partition coefficient (Wildman–Crippen LogP) is 3.72. The van der Waals surface area contributed by atoms with Crippen LogP contribution in [0.5, 0.6) is 5.75 Å². The summed E-state index contributed by atoms with van der Waals surface area (Å²) in [6.07, 6.45) is 0. The number of hydrogen-bond acceptors (Lipinski definition) is 3. The SMILES string of the molecule is Cc1cc(Cl)ccc1OC(=O)c1cc(=O)n(C)c2ccccc12. The molecule has 0 N–H and O–H groups in total. The van der Waals surface area contributed by atoms with Gasteiger partial charge in [-0.1, -0.05) is 29.8 Å². The van der Waals surface area contributed by atoms with Gasteiger partial charge in [-0.3, -0.25) is 4.79 Å². The highest BCUT2D eigenvalue weighted by Crippen LogP contribution is 2.24. The lowest BCUT2D eigenvalue weighted by atomic mass is 10.1. The Morgan fingerprint density at radius 3 is 2.61 bits per heavy atom. The van der Waals surface area contributed by atoms with E-state index in [-0.39, 0.29) is 11.1 Å². The van der Waals surface area contributed by atoms with Crippen LogP contribution in [0, 0.1) is 6.92 Å². The highest BCUT2D eigenvalue weighted by atomic mass is 35.5. The minimum absolute atomic E-state index is 0.248. The molecule has 0 amide bonds. The van der Waals surface area contributed by atoms with E-state index < -0.39 is 5.97 Å². The van der Waals surface area contributed by atoms with Gasteiger partial charge in [-0.05, 0) is 36.8 Å². The fraction of sp³-hybridized carbons (Fsp3) is 0.111. The van der Waals surface area contributed by atoms with E-state index in [2.05, 4.69) is 0 Å². The molecule has 2 aromatic carbocycles. The number of para-hydroxylation sites is 1. The highest BCUT2D eigenvalue weighted by Gasteiger charge is 2.16. The van der Waals surface area contributed by atoms with Gasteiger partial charge in [0.25, 0.3) is 5.56 Å². The van der Waals surface area contributed by atoms with Crippen molar-refractivity contribution >= 4 is 28.5 Å². The van der Waals surface area contributed by atoms with E-state index in [9.17, 15) is 9.59 Å². The first-order chi connectivity index (χ1) is 11.0. The number of esters is 1. The van der Waals surface area contributed by atoms with Crippen LogP contribution in [-0.4, -0.2) is 10.5 Å². The fourth-order valence-corrected chi connectivity index (χ4v) is 2.69. The van der Waals surface area contributed by atoms with Crippen molar-refractivity contribution in [3.63, 3.8) is 0 Å². The number of fused-ring (bicyclic) bond motifs is 1. The van der Waals surface area contributed by atoms with Crippen molar-refractivity contribution in [2.75, 3.05) is 0 Å². The molecule has 0 aliphatic carbocycles. The minimum atomic E-state index is -0.565. The maximum Gasteiger partial charge on any atom is 0.344 e. The molecule has 5 heteroatoms. The molecule has 0 fully saturated rings. The summed E-state index contributed by atoms with van der Waals surface area (Å²) in [6.45, 7) is 1.80. The monoisotopic (exact) mass is 327 g/mol. The molecule has 1 aromatic heterocycles. The van der Waals surface area contributed by atoms with E-state index in [1.165, 1.54) is 10.6 Å². The maximum atomic E-state index is 12.5. The van der Waals surface area contributed by atoms with Crippen molar-refractivity contribution in [1.82, 2.24) is 4.57 Å². The number of hydrogen-bond donors (Lipinski definition) is 0. The van der Waals surface area contributed by atoms with Crippen LogP contribution < -0.4 is 10.3 Å². The van der Waals surface area contributed by atoms with Crippen LogP contribution in [0.25, 0.3) is 10.9 Å². The molecule has 0 saturated heterocycles. The van der Waals surface area contributed by atoms with Crippen molar-refractivity contribution in [2.24, 2.45) is 7.05 Å². The molecule has 3 aromatic rings. The Hall–Kier alpha value is -2.59. The lowest BCUT2D eigenvalue weighted by Crippen LogP contribution is -2.20. The average Bonchev–Trinajstić information content (AvgIpc) is 2.53. The molecule has 23 heavy (non-hydrogen) atoms. The van der Waals surface area contributed by atoms with Gasteiger partial charge in [-0.25, -0.2) is 4.79 Å². The zero-order chi connectivity index (χ0) is 16.6. The van der Waals surface area contributed by atoms with Crippen molar-refractivity contribution in [1.29, 1.82) is 0 Å². The lowest BCUT2D eigenvalue weighted by molar-refractivity contribution is 0.0735. The van der Waals surface area contributed by atoms with Gasteiger partial charge in [0.1, 0.15) is 5.75 Å². The van der Waals surface area contributed by atoms with Crippen LogP contribution in [0.2, 0.25) is 5.02 Å². The highest BCUT2D eigenvalue weighted by molar-refractivity contribution is 6.30. The van der Waals surface area contributed by atoms with E-state index in [1.807, 2.05) is 12.1 Å². The van der Waals surface area contributed by atoms with Crippen LogP contribution in [0.4, 0.5) is 0 Å². The Morgan fingerprint density at radius 1 is 1.13 bits per heavy atom. The first kappa shape index (κ1) is 15.3. The second kappa shape index (κ2) is 5.89. The molecule has 0 radical (unpaired) electrons. The van der Waals surface area contributed by atoms with Crippen LogP contribution in [0.3, 0.4) is 0 Å². The molecule has 0 saturated carbocycles. The van der Waals surface area contributed by atoms with E-state index in [0.29, 0.717) is 21.7 Å². The van der Waals surface area contributed by atoms with Crippen molar-refractivity contribution < 1.29 is 9.53 Å². The Morgan fingerprint density at radius 2 is 1.87 bits per heavy atom. The first-order valence-electron chi connectivity index (χ1n) is 7.04. The van der Waals surface area contributed by atoms with Gasteiger partial charge < -0.3 is 9.30 Å².